The summed E-state index contributed by atoms with van der Waals surface area (Å²) in [6, 6.07) is 1.88. The minimum absolute atomic E-state index is 0.0891. The number of aryl methyl sites for hydroxylation is 1. The second-order valence-corrected chi connectivity index (χ2v) is 5.96. The summed E-state index contributed by atoms with van der Waals surface area (Å²) in [7, 11) is 0. The van der Waals surface area contributed by atoms with E-state index in [0.29, 0.717) is 30.7 Å². The average Bonchev–Trinajstić information content (AvgIpc) is 3.32. The highest BCUT2D eigenvalue weighted by molar-refractivity contribution is 5.97. The summed E-state index contributed by atoms with van der Waals surface area (Å²) in [5.74, 6) is 0.831. The van der Waals surface area contributed by atoms with Crippen LogP contribution in [0, 0.1) is 12.8 Å². The number of amides is 1. The lowest BCUT2D eigenvalue weighted by Crippen LogP contribution is -2.45. The van der Waals surface area contributed by atoms with E-state index in [4.69, 9.17) is 9.47 Å². The van der Waals surface area contributed by atoms with Gasteiger partial charge in [0.25, 0.3) is 5.91 Å². The van der Waals surface area contributed by atoms with Crippen molar-refractivity contribution >= 4 is 11.6 Å². The largest absolute Gasteiger partial charge is 0.478 e. The summed E-state index contributed by atoms with van der Waals surface area (Å²) in [5.41, 5.74) is 0.836. The molecule has 1 aromatic heterocycles. The first-order valence-corrected chi connectivity index (χ1v) is 8.06. The first-order chi connectivity index (χ1) is 10.5. The monoisotopic (exact) mass is 306 g/mol. The van der Waals surface area contributed by atoms with E-state index in [-0.39, 0.29) is 5.91 Å². The Labute approximate surface area is 132 Å². The van der Waals surface area contributed by atoms with Crippen LogP contribution in [0.3, 0.4) is 0 Å². The van der Waals surface area contributed by atoms with E-state index in [1.54, 1.807) is 6.20 Å². The zero-order valence-electron chi connectivity index (χ0n) is 13.9. The SMILES string of the molecule is CCCOC(C)(C(=O)Nc1cnc(OCC)c(C)c1)C1CC1. The van der Waals surface area contributed by atoms with E-state index in [9.17, 15) is 4.79 Å². The van der Waals surface area contributed by atoms with E-state index in [2.05, 4.69) is 10.3 Å². The van der Waals surface area contributed by atoms with Crippen molar-refractivity contribution in [2.75, 3.05) is 18.5 Å². The Morgan fingerprint density at radius 3 is 2.73 bits per heavy atom. The molecule has 1 saturated carbocycles. The van der Waals surface area contributed by atoms with Gasteiger partial charge >= 0.3 is 0 Å². The number of pyridine rings is 1. The molecule has 0 radical (unpaired) electrons. The molecule has 1 amide bonds. The van der Waals surface area contributed by atoms with Crippen LogP contribution in [0.4, 0.5) is 5.69 Å². The summed E-state index contributed by atoms with van der Waals surface area (Å²) in [4.78, 5) is 16.9. The highest BCUT2D eigenvalue weighted by Crippen LogP contribution is 2.42. The second kappa shape index (κ2) is 7.09. The lowest BCUT2D eigenvalue weighted by atomic mass is 9.98. The molecule has 0 aromatic carbocycles. The molecule has 122 valence electrons. The molecule has 1 heterocycles. The number of nitrogens with zero attached hydrogens (tertiary/aromatic N) is 1. The number of anilines is 1. The fourth-order valence-corrected chi connectivity index (χ4v) is 2.49. The number of hydrogen-bond acceptors (Lipinski definition) is 4. The molecule has 1 N–H and O–H groups in total. The Kier molecular flexibility index (Phi) is 5.40. The molecule has 0 bridgehead atoms. The fraction of sp³-hybridized carbons (Fsp3) is 0.647. The number of carbonyl (C=O) groups excluding carboxylic acids is 1. The predicted molar refractivity (Wildman–Crippen MR) is 86.1 cm³/mol. The van der Waals surface area contributed by atoms with Crippen molar-refractivity contribution in [2.24, 2.45) is 5.92 Å². The van der Waals surface area contributed by atoms with Crippen molar-refractivity contribution in [1.29, 1.82) is 0 Å². The van der Waals surface area contributed by atoms with Crippen molar-refractivity contribution in [3.63, 3.8) is 0 Å². The average molecular weight is 306 g/mol. The van der Waals surface area contributed by atoms with Crippen LogP contribution in [-0.2, 0) is 9.53 Å². The molecule has 0 spiro atoms. The third-order valence-electron chi connectivity index (χ3n) is 3.98. The maximum atomic E-state index is 12.6. The van der Waals surface area contributed by atoms with Crippen molar-refractivity contribution in [1.82, 2.24) is 4.98 Å². The van der Waals surface area contributed by atoms with Gasteiger partial charge in [0.15, 0.2) is 0 Å². The molecule has 22 heavy (non-hydrogen) atoms. The molecule has 1 aromatic rings. The van der Waals surface area contributed by atoms with Crippen LogP contribution in [0.2, 0.25) is 0 Å². The van der Waals surface area contributed by atoms with Gasteiger partial charge in [0.05, 0.1) is 18.5 Å². The molecule has 1 aliphatic rings. The van der Waals surface area contributed by atoms with Crippen LogP contribution in [0.1, 0.15) is 45.6 Å². The van der Waals surface area contributed by atoms with Gasteiger partial charge in [-0.2, -0.15) is 0 Å². The highest BCUT2D eigenvalue weighted by atomic mass is 16.5. The van der Waals surface area contributed by atoms with Gasteiger partial charge in [0, 0.05) is 12.2 Å². The molecule has 0 aliphatic heterocycles. The van der Waals surface area contributed by atoms with E-state index in [1.165, 1.54) is 0 Å². The summed E-state index contributed by atoms with van der Waals surface area (Å²) >= 11 is 0. The third-order valence-corrected chi connectivity index (χ3v) is 3.98. The van der Waals surface area contributed by atoms with Crippen LogP contribution in [-0.4, -0.2) is 29.7 Å². The molecular formula is C17H26N2O3. The van der Waals surface area contributed by atoms with Gasteiger partial charge in [-0.3, -0.25) is 4.79 Å². The van der Waals surface area contributed by atoms with Gasteiger partial charge in [-0.1, -0.05) is 6.92 Å². The molecule has 5 heteroatoms. The summed E-state index contributed by atoms with van der Waals surface area (Å²) in [5, 5.41) is 2.94. The van der Waals surface area contributed by atoms with Gasteiger partial charge in [0.1, 0.15) is 5.60 Å². The Balaban J connectivity index is 2.08. The lowest BCUT2D eigenvalue weighted by Gasteiger charge is -2.28. The molecule has 1 fully saturated rings. The number of ether oxygens (including phenoxy) is 2. The van der Waals surface area contributed by atoms with Crippen LogP contribution < -0.4 is 10.1 Å². The summed E-state index contributed by atoms with van der Waals surface area (Å²) < 4.78 is 11.3. The van der Waals surface area contributed by atoms with Gasteiger partial charge in [-0.25, -0.2) is 4.98 Å². The van der Waals surface area contributed by atoms with Crippen LogP contribution in [0.15, 0.2) is 12.3 Å². The molecule has 5 nitrogen and oxygen atoms in total. The number of rotatable bonds is 8. The zero-order valence-corrected chi connectivity index (χ0v) is 13.9. The molecular weight excluding hydrogens is 280 g/mol. The van der Waals surface area contributed by atoms with Crippen LogP contribution in [0.5, 0.6) is 5.88 Å². The Morgan fingerprint density at radius 2 is 2.18 bits per heavy atom. The lowest BCUT2D eigenvalue weighted by molar-refractivity contribution is -0.142. The number of hydrogen-bond donors (Lipinski definition) is 1. The van der Waals surface area contributed by atoms with Gasteiger partial charge < -0.3 is 14.8 Å². The zero-order chi connectivity index (χ0) is 16.2. The Bertz CT molecular complexity index is 529. The van der Waals surface area contributed by atoms with E-state index >= 15 is 0 Å². The van der Waals surface area contributed by atoms with Crippen molar-refractivity contribution in [3.8, 4) is 5.88 Å². The van der Waals surface area contributed by atoms with Crippen LogP contribution >= 0.6 is 0 Å². The third kappa shape index (κ3) is 3.77. The Hall–Kier alpha value is -1.62. The second-order valence-electron chi connectivity index (χ2n) is 5.96. The quantitative estimate of drug-likeness (QED) is 0.800. The predicted octanol–water partition coefficient (Wildman–Crippen LogP) is 3.32. The minimum atomic E-state index is -0.748. The molecule has 0 saturated heterocycles. The summed E-state index contributed by atoms with van der Waals surface area (Å²) in [6.45, 7) is 8.95. The van der Waals surface area contributed by atoms with Crippen molar-refractivity contribution < 1.29 is 14.3 Å². The van der Waals surface area contributed by atoms with E-state index < -0.39 is 5.60 Å². The maximum Gasteiger partial charge on any atom is 0.256 e. The van der Waals surface area contributed by atoms with Gasteiger partial charge in [0.2, 0.25) is 5.88 Å². The normalized spacial score (nSPS) is 16.9. The van der Waals surface area contributed by atoms with Crippen LogP contribution in [0.25, 0.3) is 0 Å². The molecule has 2 rings (SSSR count). The topological polar surface area (TPSA) is 60.5 Å². The first-order valence-electron chi connectivity index (χ1n) is 8.06. The summed E-state index contributed by atoms with van der Waals surface area (Å²) in [6.07, 6.45) is 4.63. The standard InChI is InChI=1S/C17H26N2O3/c1-5-9-22-17(4,13-7-8-13)16(20)19-14-10-12(3)15(18-11-14)21-6-2/h10-11,13H,5-9H2,1-4H3,(H,19,20). The van der Waals surface area contributed by atoms with Gasteiger partial charge in [-0.05, 0) is 52.0 Å². The number of carbonyl (C=O) groups is 1. The number of nitrogens with one attached hydrogen (secondary N) is 1. The smallest absolute Gasteiger partial charge is 0.256 e. The fourth-order valence-electron chi connectivity index (χ4n) is 2.49. The molecule has 1 atom stereocenters. The molecule has 1 unspecified atom stereocenters. The van der Waals surface area contributed by atoms with E-state index in [0.717, 1.165) is 24.8 Å². The molecule has 1 aliphatic carbocycles. The Morgan fingerprint density at radius 1 is 1.45 bits per heavy atom. The number of aromatic nitrogens is 1. The van der Waals surface area contributed by atoms with Crippen molar-refractivity contribution in [2.45, 2.75) is 52.6 Å². The first kappa shape index (κ1) is 16.7. The minimum Gasteiger partial charge on any atom is -0.478 e. The van der Waals surface area contributed by atoms with Gasteiger partial charge in [-0.15, -0.1) is 0 Å². The van der Waals surface area contributed by atoms with Crippen molar-refractivity contribution in [3.05, 3.63) is 17.8 Å². The highest BCUT2D eigenvalue weighted by Gasteiger charge is 2.48. The maximum absolute atomic E-state index is 12.6. The van der Waals surface area contributed by atoms with E-state index in [1.807, 2.05) is 33.8 Å².